The molecule has 3 rings (SSSR count). The Morgan fingerprint density at radius 3 is 1.97 bits per heavy atom. The number of alkyl halides is 7. The third kappa shape index (κ3) is 7.66. The molecule has 3 aromatic rings. The summed E-state index contributed by atoms with van der Waals surface area (Å²) in [5.41, 5.74) is -0.764. The highest BCUT2D eigenvalue weighted by molar-refractivity contribution is 5.45. The zero-order valence-electron chi connectivity index (χ0n) is 19.7. The second-order valence-electron chi connectivity index (χ2n) is 8.90. The van der Waals surface area contributed by atoms with Gasteiger partial charge in [-0.05, 0) is 60.2 Å². The lowest BCUT2D eigenvalue weighted by Crippen LogP contribution is -2.35. The van der Waals surface area contributed by atoms with E-state index in [1.807, 2.05) is 0 Å². The lowest BCUT2D eigenvalue weighted by molar-refractivity contribution is -0.253. The molecule has 0 aliphatic heterocycles. The lowest BCUT2D eigenvalue weighted by atomic mass is 9.67. The minimum atomic E-state index is -4.95. The highest BCUT2D eigenvalue weighted by Crippen LogP contribution is 2.43. The Balaban J connectivity index is 2.19. The van der Waals surface area contributed by atoms with Crippen molar-refractivity contribution in [2.75, 3.05) is 0 Å². The summed E-state index contributed by atoms with van der Waals surface area (Å²) in [6.45, 7) is 0. The predicted octanol–water partition coefficient (Wildman–Crippen LogP) is 7.82. The summed E-state index contributed by atoms with van der Waals surface area (Å²) in [5, 5.41) is 10.1. The number of aliphatic hydroxyl groups is 1. The fraction of sp³-hybridized carbons (Fsp3) is 0.333. The van der Waals surface area contributed by atoms with E-state index < -0.39 is 60.5 Å². The second-order valence-corrected chi connectivity index (χ2v) is 8.90. The number of aliphatic hydroxyl groups excluding tert-OH is 1. The fourth-order valence-corrected chi connectivity index (χ4v) is 4.34. The zero-order valence-corrected chi connectivity index (χ0v) is 19.7. The van der Waals surface area contributed by atoms with Crippen molar-refractivity contribution in [2.24, 2.45) is 0 Å². The van der Waals surface area contributed by atoms with E-state index in [-0.39, 0.29) is 24.0 Å². The molecule has 1 N–H and O–H groups in total. The van der Waals surface area contributed by atoms with Gasteiger partial charge in [-0.25, -0.2) is 8.78 Å². The molecule has 38 heavy (non-hydrogen) atoms. The minimum Gasteiger partial charge on any atom is -0.428 e. The van der Waals surface area contributed by atoms with Crippen LogP contribution < -0.4 is 4.74 Å². The van der Waals surface area contributed by atoms with Crippen LogP contribution in [0.25, 0.3) is 0 Å². The van der Waals surface area contributed by atoms with E-state index in [2.05, 4.69) is 4.74 Å². The van der Waals surface area contributed by atoms with Gasteiger partial charge in [0, 0.05) is 11.5 Å². The summed E-state index contributed by atoms with van der Waals surface area (Å²) < 4.78 is 124. The molecular weight excluding hydrogens is 527 g/mol. The normalized spacial score (nSPS) is 14.8. The molecule has 0 spiro atoms. The van der Waals surface area contributed by atoms with Crippen molar-refractivity contribution in [3.05, 3.63) is 101 Å². The third-order valence-electron chi connectivity index (χ3n) is 6.05. The highest BCUT2D eigenvalue weighted by atomic mass is 19.4. The van der Waals surface area contributed by atoms with Crippen LogP contribution in [0.5, 0.6) is 5.75 Å². The minimum absolute atomic E-state index is 0.0493. The molecule has 0 saturated carbocycles. The monoisotopic (exact) mass is 550 g/mol. The smallest absolute Gasteiger partial charge is 0.428 e. The molecule has 2 nitrogen and oxygen atoms in total. The van der Waals surface area contributed by atoms with Crippen molar-refractivity contribution in [2.45, 2.75) is 55.9 Å². The maximum atomic E-state index is 14.7. The molecule has 0 saturated heterocycles. The van der Waals surface area contributed by atoms with Crippen LogP contribution in [-0.2, 0) is 11.8 Å². The average molecular weight is 550 g/mol. The van der Waals surface area contributed by atoms with E-state index in [0.717, 1.165) is 24.3 Å². The van der Waals surface area contributed by atoms with E-state index in [1.165, 1.54) is 12.1 Å². The van der Waals surface area contributed by atoms with Crippen LogP contribution in [0.3, 0.4) is 0 Å². The van der Waals surface area contributed by atoms with Crippen LogP contribution in [0, 0.1) is 11.6 Å². The molecule has 0 fully saturated rings. The molecule has 0 heterocycles. The molecule has 0 aliphatic carbocycles. The molecule has 11 heteroatoms. The number of hydrogen-bond donors (Lipinski definition) is 1. The first-order chi connectivity index (χ1) is 17.7. The van der Waals surface area contributed by atoms with Gasteiger partial charge < -0.3 is 9.84 Å². The van der Waals surface area contributed by atoms with Crippen molar-refractivity contribution >= 4 is 0 Å². The zero-order chi connectivity index (χ0) is 28.1. The molecule has 2 atom stereocenters. The molecular formula is C27H23F9O2. The average Bonchev–Trinajstić information content (AvgIpc) is 2.81. The van der Waals surface area contributed by atoms with Gasteiger partial charge in [0.05, 0.1) is 12.5 Å². The standard InChI is InChI=1S/C27H23F9O2/c28-20-8-6-18(7-9-20)25(15-17-4-2-1-3-5-17,11-10-22(37)16-26(32,33)34)19-12-21(29)14-23(13-19)38-27(35,36)24(30)31/h1-9,12-14,22,24,37H,10-11,15-16H2/t22-,25-/m0/s1. The van der Waals surface area contributed by atoms with Gasteiger partial charge in [-0.2, -0.15) is 30.7 Å². The van der Waals surface area contributed by atoms with Gasteiger partial charge >= 0.3 is 18.7 Å². The van der Waals surface area contributed by atoms with Gasteiger partial charge in [-0.1, -0.05) is 42.5 Å². The Hall–Kier alpha value is -3.21. The summed E-state index contributed by atoms with van der Waals surface area (Å²) in [4.78, 5) is 0. The van der Waals surface area contributed by atoms with Gasteiger partial charge in [0.1, 0.15) is 17.4 Å². The molecule has 206 valence electrons. The largest absolute Gasteiger partial charge is 0.461 e. The van der Waals surface area contributed by atoms with Crippen molar-refractivity contribution in [1.82, 2.24) is 0 Å². The van der Waals surface area contributed by atoms with Crippen molar-refractivity contribution < 1.29 is 49.4 Å². The summed E-state index contributed by atoms with van der Waals surface area (Å²) in [7, 11) is 0. The molecule has 0 amide bonds. The van der Waals surface area contributed by atoms with Gasteiger partial charge in [-0.15, -0.1) is 0 Å². The van der Waals surface area contributed by atoms with Gasteiger partial charge in [0.2, 0.25) is 0 Å². The van der Waals surface area contributed by atoms with E-state index >= 15 is 0 Å². The van der Waals surface area contributed by atoms with Crippen LogP contribution >= 0.6 is 0 Å². The molecule has 0 radical (unpaired) electrons. The molecule has 0 aliphatic rings. The lowest BCUT2D eigenvalue weighted by Gasteiger charge is -2.37. The summed E-state index contributed by atoms with van der Waals surface area (Å²) in [5.74, 6) is -2.74. The maximum Gasteiger partial charge on any atom is 0.461 e. The van der Waals surface area contributed by atoms with Crippen LogP contribution in [-0.4, -0.2) is 29.9 Å². The Labute approximate surface area is 212 Å². The number of ether oxygens (including phenoxy) is 1. The van der Waals surface area contributed by atoms with E-state index in [1.54, 1.807) is 30.3 Å². The summed E-state index contributed by atoms with van der Waals surface area (Å²) in [6.07, 6.45) is -18.1. The third-order valence-corrected chi connectivity index (χ3v) is 6.05. The number of hydrogen-bond acceptors (Lipinski definition) is 2. The van der Waals surface area contributed by atoms with Crippen LogP contribution in [0.1, 0.15) is 36.0 Å². The first-order valence-electron chi connectivity index (χ1n) is 11.4. The van der Waals surface area contributed by atoms with E-state index in [0.29, 0.717) is 11.6 Å². The van der Waals surface area contributed by atoms with Crippen molar-refractivity contribution in [3.63, 3.8) is 0 Å². The van der Waals surface area contributed by atoms with Crippen molar-refractivity contribution in [1.29, 1.82) is 0 Å². The summed E-state index contributed by atoms with van der Waals surface area (Å²) >= 11 is 0. The van der Waals surface area contributed by atoms with E-state index in [4.69, 9.17) is 0 Å². The van der Waals surface area contributed by atoms with Crippen molar-refractivity contribution in [3.8, 4) is 5.75 Å². The first kappa shape index (κ1) is 29.3. The fourth-order valence-electron chi connectivity index (χ4n) is 4.34. The van der Waals surface area contributed by atoms with Gasteiger partial charge in [-0.3, -0.25) is 0 Å². The Bertz CT molecular complexity index is 1180. The van der Waals surface area contributed by atoms with Gasteiger partial charge in [0.25, 0.3) is 0 Å². The SMILES string of the molecule is O[C@@H](CC[C@](Cc1ccccc1)(c1ccc(F)cc1)c1cc(F)cc(OC(F)(F)C(F)F)c1)CC(F)(F)F. The first-order valence-corrected chi connectivity index (χ1v) is 11.4. The second kappa shape index (κ2) is 11.7. The Kier molecular flexibility index (Phi) is 9.01. The maximum absolute atomic E-state index is 14.7. The molecule has 0 bridgehead atoms. The molecule has 0 unspecified atom stereocenters. The summed E-state index contributed by atoms with van der Waals surface area (Å²) in [6, 6.07) is 15.3. The number of benzene rings is 3. The van der Waals surface area contributed by atoms with Crippen LogP contribution in [0.15, 0.2) is 72.8 Å². The predicted molar refractivity (Wildman–Crippen MR) is 121 cm³/mol. The number of rotatable bonds is 11. The van der Waals surface area contributed by atoms with Crippen LogP contribution in [0.2, 0.25) is 0 Å². The Morgan fingerprint density at radius 1 is 0.763 bits per heavy atom. The molecule has 3 aromatic carbocycles. The quantitative estimate of drug-likeness (QED) is 0.247. The Morgan fingerprint density at radius 2 is 1.39 bits per heavy atom. The number of halogens is 9. The van der Waals surface area contributed by atoms with E-state index in [9.17, 15) is 44.6 Å². The highest BCUT2D eigenvalue weighted by Gasteiger charge is 2.45. The topological polar surface area (TPSA) is 29.5 Å². The van der Waals surface area contributed by atoms with Gasteiger partial charge in [0.15, 0.2) is 0 Å². The van der Waals surface area contributed by atoms with Crippen LogP contribution in [0.4, 0.5) is 39.5 Å². The molecule has 0 aromatic heterocycles.